The summed E-state index contributed by atoms with van der Waals surface area (Å²) in [6.45, 7) is 1.34. The zero-order valence-corrected chi connectivity index (χ0v) is 9.01. The SMILES string of the molecule is COC(=O)C=CN(CCCl)CCCl. The van der Waals surface area contributed by atoms with Gasteiger partial charge < -0.3 is 9.64 Å². The van der Waals surface area contributed by atoms with Crippen LogP contribution >= 0.6 is 23.2 Å². The van der Waals surface area contributed by atoms with Gasteiger partial charge in [0.1, 0.15) is 0 Å². The third kappa shape index (κ3) is 6.72. The van der Waals surface area contributed by atoms with Crippen molar-refractivity contribution in [3.05, 3.63) is 12.3 Å². The molecule has 0 aromatic heterocycles. The Balaban J connectivity index is 3.91. The highest BCUT2D eigenvalue weighted by atomic mass is 35.5. The zero-order chi connectivity index (χ0) is 10.1. The molecule has 0 bridgehead atoms. The number of hydrogen-bond acceptors (Lipinski definition) is 3. The molecule has 13 heavy (non-hydrogen) atoms. The van der Waals surface area contributed by atoms with Gasteiger partial charge in [0.2, 0.25) is 0 Å². The van der Waals surface area contributed by atoms with Gasteiger partial charge in [0.15, 0.2) is 0 Å². The molecular weight excluding hydrogens is 213 g/mol. The molecule has 0 aromatic carbocycles. The summed E-state index contributed by atoms with van der Waals surface area (Å²) in [5.74, 6) is 0.624. The van der Waals surface area contributed by atoms with Crippen molar-refractivity contribution in [2.24, 2.45) is 0 Å². The van der Waals surface area contributed by atoms with Crippen LogP contribution in [0.2, 0.25) is 0 Å². The molecule has 0 spiro atoms. The highest BCUT2D eigenvalue weighted by Crippen LogP contribution is 1.93. The molecule has 0 saturated heterocycles. The maximum atomic E-state index is 10.7. The molecular formula is C8H13Cl2NO2. The average molecular weight is 226 g/mol. The fourth-order valence-electron chi connectivity index (χ4n) is 0.712. The summed E-state index contributed by atoms with van der Waals surface area (Å²) in [5.41, 5.74) is 0. The van der Waals surface area contributed by atoms with Crippen LogP contribution in [-0.2, 0) is 9.53 Å². The van der Waals surface area contributed by atoms with E-state index in [9.17, 15) is 4.79 Å². The van der Waals surface area contributed by atoms with Gasteiger partial charge in [-0.25, -0.2) is 4.79 Å². The topological polar surface area (TPSA) is 29.5 Å². The van der Waals surface area contributed by atoms with Crippen molar-refractivity contribution in [2.45, 2.75) is 0 Å². The molecule has 0 rings (SSSR count). The number of carbonyl (C=O) groups excluding carboxylic acids is 1. The second-order valence-electron chi connectivity index (χ2n) is 2.25. The van der Waals surface area contributed by atoms with E-state index < -0.39 is 0 Å². The molecule has 76 valence electrons. The number of halogens is 2. The number of esters is 1. The largest absolute Gasteiger partial charge is 0.466 e. The van der Waals surface area contributed by atoms with Crippen molar-refractivity contribution in [3.8, 4) is 0 Å². The monoisotopic (exact) mass is 225 g/mol. The summed E-state index contributed by atoms with van der Waals surface area (Å²) >= 11 is 11.1. The number of nitrogens with zero attached hydrogens (tertiary/aromatic N) is 1. The Morgan fingerprint density at radius 1 is 1.38 bits per heavy atom. The van der Waals surface area contributed by atoms with Gasteiger partial charge in [-0.1, -0.05) is 0 Å². The van der Waals surface area contributed by atoms with E-state index in [1.54, 1.807) is 6.20 Å². The fraction of sp³-hybridized carbons (Fsp3) is 0.625. The molecule has 0 amide bonds. The fourth-order valence-corrected chi connectivity index (χ4v) is 1.15. The molecule has 0 saturated carbocycles. The molecule has 0 aliphatic carbocycles. The van der Waals surface area contributed by atoms with Gasteiger partial charge in [0.05, 0.1) is 7.11 Å². The van der Waals surface area contributed by atoms with Gasteiger partial charge >= 0.3 is 5.97 Å². The van der Waals surface area contributed by atoms with Gasteiger partial charge in [-0.2, -0.15) is 0 Å². The van der Waals surface area contributed by atoms with Crippen LogP contribution in [0.15, 0.2) is 12.3 Å². The Morgan fingerprint density at radius 2 is 1.92 bits per heavy atom. The lowest BCUT2D eigenvalue weighted by molar-refractivity contribution is -0.134. The average Bonchev–Trinajstić information content (AvgIpc) is 2.14. The molecule has 0 aromatic rings. The summed E-state index contributed by atoms with van der Waals surface area (Å²) in [6, 6.07) is 0. The molecule has 3 nitrogen and oxygen atoms in total. The van der Waals surface area contributed by atoms with Crippen molar-refractivity contribution < 1.29 is 9.53 Å². The molecule has 0 N–H and O–H groups in total. The van der Waals surface area contributed by atoms with Gasteiger partial charge in [0.25, 0.3) is 0 Å². The number of rotatable bonds is 6. The highest BCUT2D eigenvalue weighted by molar-refractivity contribution is 6.18. The summed E-state index contributed by atoms with van der Waals surface area (Å²) < 4.78 is 4.44. The van der Waals surface area contributed by atoms with E-state index in [1.165, 1.54) is 13.2 Å². The first kappa shape index (κ1) is 12.6. The predicted molar refractivity (Wildman–Crippen MR) is 54.2 cm³/mol. The van der Waals surface area contributed by atoms with Crippen LogP contribution in [0.3, 0.4) is 0 Å². The lowest BCUT2D eigenvalue weighted by Gasteiger charge is -2.16. The second kappa shape index (κ2) is 8.20. The van der Waals surface area contributed by atoms with Crippen LogP contribution in [0.25, 0.3) is 0 Å². The number of methoxy groups -OCH3 is 1. The lowest BCUT2D eigenvalue weighted by Crippen LogP contribution is -2.22. The van der Waals surface area contributed by atoms with Crippen molar-refractivity contribution in [1.82, 2.24) is 4.90 Å². The van der Waals surface area contributed by atoms with Crippen LogP contribution in [-0.4, -0.2) is 42.8 Å². The minimum absolute atomic E-state index is 0.380. The highest BCUT2D eigenvalue weighted by Gasteiger charge is 1.98. The first-order chi connectivity index (χ1) is 6.24. The predicted octanol–water partition coefficient (Wildman–Crippen LogP) is 1.45. The lowest BCUT2D eigenvalue weighted by atomic mass is 10.5. The molecule has 0 aliphatic rings. The van der Waals surface area contributed by atoms with Crippen molar-refractivity contribution in [2.75, 3.05) is 32.0 Å². The zero-order valence-electron chi connectivity index (χ0n) is 7.50. The van der Waals surface area contributed by atoms with Crippen LogP contribution < -0.4 is 0 Å². The van der Waals surface area contributed by atoms with Crippen LogP contribution in [0.5, 0.6) is 0 Å². The Hall–Kier alpha value is -0.410. The number of alkyl halides is 2. The Morgan fingerprint density at radius 3 is 2.31 bits per heavy atom. The number of carbonyl (C=O) groups is 1. The van der Waals surface area contributed by atoms with E-state index in [2.05, 4.69) is 4.74 Å². The maximum Gasteiger partial charge on any atom is 0.331 e. The third-order valence-electron chi connectivity index (χ3n) is 1.37. The molecule has 0 aliphatic heterocycles. The normalized spacial score (nSPS) is 10.4. The van der Waals surface area contributed by atoms with E-state index in [-0.39, 0.29) is 5.97 Å². The first-order valence-electron chi connectivity index (χ1n) is 3.86. The summed E-state index contributed by atoms with van der Waals surface area (Å²) in [7, 11) is 1.33. The van der Waals surface area contributed by atoms with E-state index >= 15 is 0 Å². The summed E-state index contributed by atoms with van der Waals surface area (Å²) in [4.78, 5) is 12.6. The molecule has 0 radical (unpaired) electrons. The Bertz CT molecular complexity index is 168. The molecule has 0 atom stereocenters. The van der Waals surface area contributed by atoms with E-state index in [0.29, 0.717) is 24.8 Å². The molecule has 0 heterocycles. The van der Waals surface area contributed by atoms with Gasteiger partial charge in [-0.05, 0) is 0 Å². The summed E-state index contributed by atoms with van der Waals surface area (Å²) in [6.07, 6.45) is 2.98. The third-order valence-corrected chi connectivity index (χ3v) is 1.70. The van der Waals surface area contributed by atoms with E-state index in [4.69, 9.17) is 23.2 Å². The molecule has 0 fully saturated rings. The van der Waals surface area contributed by atoms with Crippen molar-refractivity contribution >= 4 is 29.2 Å². The Labute approximate surface area is 88.2 Å². The standard InChI is InChI=1S/C8H13Cl2NO2/c1-13-8(12)2-5-11(6-3-9)7-4-10/h2,5H,3-4,6-7H2,1H3. The summed E-state index contributed by atoms with van der Waals surface area (Å²) in [5, 5.41) is 0. The van der Waals surface area contributed by atoms with Crippen LogP contribution in [0.1, 0.15) is 0 Å². The van der Waals surface area contributed by atoms with Gasteiger partial charge in [-0.15, -0.1) is 23.2 Å². The van der Waals surface area contributed by atoms with Crippen LogP contribution in [0, 0.1) is 0 Å². The minimum atomic E-state index is -0.380. The Kier molecular flexibility index (Phi) is 7.94. The smallest absolute Gasteiger partial charge is 0.331 e. The first-order valence-corrected chi connectivity index (χ1v) is 4.93. The second-order valence-corrected chi connectivity index (χ2v) is 3.01. The minimum Gasteiger partial charge on any atom is -0.466 e. The molecule has 5 heteroatoms. The maximum absolute atomic E-state index is 10.7. The van der Waals surface area contributed by atoms with E-state index in [1.807, 2.05) is 4.90 Å². The van der Waals surface area contributed by atoms with Crippen molar-refractivity contribution in [3.63, 3.8) is 0 Å². The van der Waals surface area contributed by atoms with E-state index in [0.717, 1.165) is 0 Å². The quantitative estimate of drug-likeness (QED) is 0.390. The number of ether oxygens (including phenoxy) is 1. The number of hydrogen-bond donors (Lipinski definition) is 0. The molecule has 0 unspecified atom stereocenters. The van der Waals surface area contributed by atoms with Gasteiger partial charge in [-0.3, -0.25) is 0 Å². The van der Waals surface area contributed by atoms with Gasteiger partial charge in [0, 0.05) is 37.1 Å². The van der Waals surface area contributed by atoms with Crippen LogP contribution in [0.4, 0.5) is 0 Å². The van der Waals surface area contributed by atoms with Crippen molar-refractivity contribution in [1.29, 1.82) is 0 Å².